The Morgan fingerprint density at radius 1 is 1.27 bits per heavy atom. The van der Waals surface area contributed by atoms with E-state index in [0.717, 1.165) is 53.2 Å². The van der Waals surface area contributed by atoms with Gasteiger partial charge in [0.15, 0.2) is 0 Å². The van der Waals surface area contributed by atoms with Gasteiger partial charge in [-0.3, -0.25) is 4.79 Å². The fourth-order valence-corrected chi connectivity index (χ4v) is 3.99. The molecule has 0 aliphatic carbocycles. The van der Waals surface area contributed by atoms with Gasteiger partial charge in [0.05, 0.1) is 17.9 Å². The first-order valence-electron chi connectivity index (χ1n) is 10.5. The fraction of sp³-hybridized carbons (Fsp3) is 0.435. The van der Waals surface area contributed by atoms with Crippen LogP contribution >= 0.6 is 0 Å². The third-order valence-electron chi connectivity index (χ3n) is 5.74. The van der Waals surface area contributed by atoms with Gasteiger partial charge in [-0.25, -0.2) is 9.97 Å². The van der Waals surface area contributed by atoms with Gasteiger partial charge in [0.2, 0.25) is 11.6 Å². The van der Waals surface area contributed by atoms with Gasteiger partial charge in [-0.15, -0.1) is 0 Å². The number of aromatic nitrogens is 2. The monoisotopic (exact) mass is 408 g/mol. The lowest BCUT2D eigenvalue weighted by Crippen LogP contribution is -2.43. The van der Waals surface area contributed by atoms with Crippen molar-refractivity contribution in [2.45, 2.75) is 40.2 Å². The van der Waals surface area contributed by atoms with E-state index in [9.17, 15) is 4.79 Å². The van der Waals surface area contributed by atoms with Crippen LogP contribution in [0.5, 0.6) is 5.75 Å². The Morgan fingerprint density at radius 2 is 2.07 bits per heavy atom. The van der Waals surface area contributed by atoms with Gasteiger partial charge in [-0.2, -0.15) is 0 Å². The molecule has 3 aromatic rings. The molecule has 0 spiro atoms. The van der Waals surface area contributed by atoms with Crippen LogP contribution in [0.25, 0.3) is 11.1 Å². The molecule has 1 atom stereocenters. The number of amides is 1. The van der Waals surface area contributed by atoms with Crippen LogP contribution in [0.15, 0.2) is 35.0 Å². The van der Waals surface area contributed by atoms with E-state index in [1.54, 1.807) is 0 Å². The van der Waals surface area contributed by atoms with E-state index in [0.29, 0.717) is 25.4 Å². The van der Waals surface area contributed by atoms with E-state index in [1.165, 1.54) is 6.33 Å². The van der Waals surface area contributed by atoms with Crippen molar-refractivity contribution in [3.8, 4) is 5.75 Å². The zero-order chi connectivity index (χ0) is 21.1. The molecule has 0 radical (unpaired) electrons. The van der Waals surface area contributed by atoms with Gasteiger partial charge in [0.1, 0.15) is 23.7 Å². The van der Waals surface area contributed by atoms with E-state index in [2.05, 4.69) is 20.2 Å². The van der Waals surface area contributed by atoms with Crippen LogP contribution in [-0.2, 0) is 11.3 Å². The zero-order valence-corrected chi connectivity index (χ0v) is 17.8. The first kappa shape index (κ1) is 20.2. The molecular formula is C23H28N4O3. The van der Waals surface area contributed by atoms with Gasteiger partial charge in [-0.1, -0.05) is 12.1 Å². The zero-order valence-electron chi connectivity index (χ0n) is 17.8. The van der Waals surface area contributed by atoms with Gasteiger partial charge < -0.3 is 19.4 Å². The second kappa shape index (κ2) is 8.73. The minimum Gasteiger partial charge on any atom is -0.494 e. The van der Waals surface area contributed by atoms with E-state index in [-0.39, 0.29) is 11.8 Å². The number of hydrogen-bond acceptors (Lipinski definition) is 6. The Balaban J connectivity index is 1.42. The highest BCUT2D eigenvalue weighted by Gasteiger charge is 2.28. The number of nitrogens with zero attached hydrogens (tertiary/aromatic N) is 3. The molecule has 1 aliphatic rings. The summed E-state index contributed by atoms with van der Waals surface area (Å²) in [6, 6.07) is 7.84. The Labute approximate surface area is 176 Å². The molecule has 0 bridgehead atoms. The second-order valence-electron chi connectivity index (χ2n) is 7.74. The average molecular weight is 409 g/mol. The quantitative estimate of drug-likeness (QED) is 0.669. The van der Waals surface area contributed by atoms with Gasteiger partial charge >= 0.3 is 0 Å². The van der Waals surface area contributed by atoms with Crippen LogP contribution in [-0.4, -0.2) is 35.6 Å². The Kier molecular flexibility index (Phi) is 5.88. The van der Waals surface area contributed by atoms with Crippen molar-refractivity contribution in [3.05, 3.63) is 47.5 Å². The molecule has 0 unspecified atom stereocenters. The summed E-state index contributed by atoms with van der Waals surface area (Å²) in [5.74, 6) is 2.57. The first-order valence-corrected chi connectivity index (χ1v) is 10.5. The molecule has 30 heavy (non-hydrogen) atoms. The topological polar surface area (TPSA) is 80.5 Å². The predicted molar refractivity (Wildman–Crippen MR) is 116 cm³/mol. The third-order valence-corrected chi connectivity index (χ3v) is 5.74. The molecule has 1 amide bonds. The maximum atomic E-state index is 12.8. The number of nitrogens with one attached hydrogen (secondary N) is 1. The summed E-state index contributed by atoms with van der Waals surface area (Å²) in [6.45, 7) is 8.60. The summed E-state index contributed by atoms with van der Waals surface area (Å²) in [4.78, 5) is 23.8. The van der Waals surface area contributed by atoms with E-state index < -0.39 is 0 Å². The van der Waals surface area contributed by atoms with Crippen molar-refractivity contribution >= 4 is 22.8 Å². The molecule has 7 nitrogen and oxygen atoms in total. The Bertz CT molecular complexity index is 1030. The van der Waals surface area contributed by atoms with Crippen molar-refractivity contribution in [3.63, 3.8) is 0 Å². The number of ether oxygens (including phenoxy) is 1. The minimum absolute atomic E-state index is 0.0697. The number of benzene rings is 1. The lowest BCUT2D eigenvalue weighted by atomic mass is 9.96. The number of aryl methyl sites for hydroxylation is 2. The number of furan rings is 1. The van der Waals surface area contributed by atoms with Crippen LogP contribution in [0.1, 0.15) is 36.7 Å². The molecule has 1 aromatic carbocycles. The molecule has 2 aromatic heterocycles. The summed E-state index contributed by atoms with van der Waals surface area (Å²) < 4.78 is 11.2. The lowest BCUT2D eigenvalue weighted by molar-refractivity contribution is -0.125. The smallest absolute Gasteiger partial charge is 0.231 e. The van der Waals surface area contributed by atoms with E-state index >= 15 is 0 Å². The highest BCUT2D eigenvalue weighted by atomic mass is 16.5. The van der Waals surface area contributed by atoms with Crippen molar-refractivity contribution in [2.75, 3.05) is 24.6 Å². The largest absolute Gasteiger partial charge is 0.494 e. The minimum atomic E-state index is -0.0697. The number of piperidine rings is 1. The first-order chi connectivity index (χ1) is 14.6. The van der Waals surface area contributed by atoms with Crippen LogP contribution in [0.4, 0.5) is 5.82 Å². The SMILES string of the molecule is CCOc1ccc(CNC(=O)[C@H]2CCCN(c3ncnc4oc(C)c(C)c34)C2)cc1. The lowest BCUT2D eigenvalue weighted by Gasteiger charge is -2.33. The number of fused-ring (bicyclic) bond motifs is 1. The molecule has 7 heteroatoms. The third kappa shape index (κ3) is 4.10. The summed E-state index contributed by atoms with van der Waals surface area (Å²) in [5, 5.41) is 4.04. The molecule has 1 N–H and O–H groups in total. The highest BCUT2D eigenvalue weighted by Crippen LogP contribution is 2.32. The van der Waals surface area contributed by atoms with Gasteiger partial charge in [-0.05, 0) is 51.3 Å². The number of hydrogen-bond donors (Lipinski definition) is 1. The summed E-state index contributed by atoms with van der Waals surface area (Å²) in [7, 11) is 0. The van der Waals surface area contributed by atoms with Gasteiger partial charge in [0.25, 0.3) is 0 Å². The second-order valence-corrected chi connectivity index (χ2v) is 7.74. The van der Waals surface area contributed by atoms with Gasteiger partial charge in [0, 0.05) is 25.2 Å². The van der Waals surface area contributed by atoms with E-state index in [4.69, 9.17) is 9.15 Å². The van der Waals surface area contributed by atoms with Crippen LogP contribution in [0.3, 0.4) is 0 Å². The van der Waals surface area contributed by atoms with Crippen LogP contribution in [0.2, 0.25) is 0 Å². The molecule has 1 saturated heterocycles. The number of anilines is 1. The molecular weight excluding hydrogens is 380 g/mol. The molecule has 1 aliphatic heterocycles. The average Bonchev–Trinajstić information content (AvgIpc) is 3.07. The number of carbonyl (C=O) groups excluding carboxylic acids is 1. The van der Waals surface area contributed by atoms with E-state index in [1.807, 2.05) is 45.0 Å². The number of carbonyl (C=O) groups is 1. The maximum absolute atomic E-state index is 12.8. The normalized spacial score (nSPS) is 16.6. The molecule has 158 valence electrons. The maximum Gasteiger partial charge on any atom is 0.231 e. The summed E-state index contributed by atoms with van der Waals surface area (Å²) in [6.07, 6.45) is 3.36. The highest BCUT2D eigenvalue weighted by molar-refractivity contribution is 5.90. The fourth-order valence-electron chi connectivity index (χ4n) is 3.99. The molecule has 1 fully saturated rings. The molecule has 0 saturated carbocycles. The van der Waals surface area contributed by atoms with Crippen LogP contribution in [0, 0.1) is 19.8 Å². The standard InChI is InChI=1S/C23H28N4O3/c1-4-29-19-9-7-17(8-10-19)12-24-22(28)18-6-5-11-27(13-18)21-20-15(2)16(3)30-23(20)26-14-25-21/h7-10,14,18H,4-6,11-13H2,1-3H3,(H,24,28)/t18-/m0/s1. The molecule has 3 heterocycles. The van der Waals surface area contributed by atoms with Crippen molar-refractivity contribution in [1.29, 1.82) is 0 Å². The summed E-state index contributed by atoms with van der Waals surface area (Å²) >= 11 is 0. The number of rotatable bonds is 6. The van der Waals surface area contributed by atoms with Crippen molar-refractivity contribution in [1.82, 2.24) is 15.3 Å². The van der Waals surface area contributed by atoms with Crippen LogP contribution < -0.4 is 15.0 Å². The van der Waals surface area contributed by atoms with Crippen molar-refractivity contribution in [2.24, 2.45) is 5.92 Å². The Morgan fingerprint density at radius 3 is 2.83 bits per heavy atom. The Hall–Kier alpha value is -3.09. The predicted octanol–water partition coefficient (Wildman–Crippen LogP) is 3.77. The van der Waals surface area contributed by atoms with Crippen molar-refractivity contribution < 1.29 is 13.9 Å². The summed E-state index contributed by atoms with van der Waals surface area (Å²) in [5.41, 5.74) is 2.72. The molecule has 4 rings (SSSR count).